The van der Waals surface area contributed by atoms with Crippen molar-refractivity contribution in [1.82, 2.24) is 25.9 Å². The highest BCUT2D eigenvalue weighted by Gasteiger charge is 2.39. The average Bonchev–Trinajstić information content (AvgIpc) is 3.57. The molecule has 4 aromatic carbocycles. The second kappa shape index (κ2) is 15.3. The summed E-state index contributed by atoms with van der Waals surface area (Å²) in [5.41, 5.74) is 2.51. The molecule has 10 nitrogen and oxygen atoms in total. The molecule has 5 N–H and O–H groups in total. The van der Waals surface area contributed by atoms with Gasteiger partial charge in [0.05, 0.1) is 12.0 Å². The number of carbonyl (C=O) groups excluding carboxylic acids is 3. The Hall–Kier alpha value is -6.62. The minimum atomic E-state index is -1.66. The number of carbonyl (C=O) groups is 4. The zero-order chi connectivity index (χ0) is 35.8. The van der Waals surface area contributed by atoms with Gasteiger partial charge in [-0.15, -0.1) is 0 Å². The quantitative estimate of drug-likeness (QED) is 0.0843. The topological polar surface area (TPSA) is 153 Å². The Morgan fingerprint density at radius 2 is 1.29 bits per heavy atom. The normalized spacial score (nSPS) is 12.4. The zero-order valence-electron chi connectivity index (χ0n) is 27.3. The van der Waals surface area contributed by atoms with Crippen molar-refractivity contribution in [2.24, 2.45) is 0 Å². The maximum Gasteiger partial charge on any atom is 0.326 e. The van der Waals surface area contributed by atoms with Gasteiger partial charge in [-0.3, -0.25) is 14.4 Å². The number of para-hydroxylation sites is 1. The second-order valence-electron chi connectivity index (χ2n) is 12.0. The number of hydrogen-bond acceptors (Lipinski definition) is 5. The maximum atomic E-state index is 14.0. The van der Waals surface area contributed by atoms with Crippen LogP contribution in [0, 0.1) is 5.95 Å². The van der Waals surface area contributed by atoms with E-state index in [-0.39, 0.29) is 12.0 Å². The predicted molar refractivity (Wildman–Crippen MR) is 189 cm³/mol. The van der Waals surface area contributed by atoms with Gasteiger partial charge in [-0.05, 0) is 40.5 Å². The van der Waals surface area contributed by atoms with Gasteiger partial charge in [-0.25, -0.2) is 9.78 Å². The largest absolute Gasteiger partial charge is 0.480 e. The number of aromatic nitrogens is 2. The van der Waals surface area contributed by atoms with Crippen molar-refractivity contribution < 1.29 is 28.7 Å². The molecule has 0 saturated heterocycles. The lowest BCUT2D eigenvalue weighted by Crippen LogP contribution is -2.54. The highest BCUT2D eigenvalue weighted by Crippen LogP contribution is 2.37. The third-order valence-corrected chi connectivity index (χ3v) is 8.66. The van der Waals surface area contributed by atoms with Crippen LogP contribution < -0.4 is 16.0 Å². The summed E-state index contributed by atoms with van der Waals surface area (Å²) < 4.78 is 13.5. The van der Waals surface area contributed by atoms with Crippen LogP contribution >= 0.6 is 0 Å². The van der Waals surface area contributed by atoms with Gasteiger partial charge in [0, 0.05) is 29.7 Å². The standard InChI is InChI=1S/C40H34FN5O5/c41-35-21-20-26(24-43-35)37(48)44-33(22-27-25-42-32-19-11-10-18-31(27)32)38(49)45-34(39(50)51)23-36(47)46-40(28-12-4-1-5-13-28,29-14-6-2-7-15-29)30-16-8-3-9-17-30/h1-21,24-25,33-34,42H,22-23H2,(H,44,48)(H,45,49)(H,46,47)(H,50,51)/t33-,34-/m0/s1. The van der Waals surface area contributed by atoms with Crippen LogP contribution in [0.5, 0.6) is 0 Å². The number of H-pyrrole nitrogens is 1. The van der Waals surface area contributed by atoms with Crippen molar-refractivity contribution >= 4 is 34.6 Å². The summed E-state index contributed by atoms with van der Waals surface area (Å²) >= 11 is 0. The number of amides is 3. The van der Waals surface area contributed by atoms with Crippen molar-refractivity contribution in [3.8, 4) is 0 Å². The molecular formula is C40H34FN5O5. The summed E-state index contributed by atoms with van der Waals surface area (Å²) in [7, 11) is 0. The van der Waals surface area contributed by atoms with Gasteiger partial charge in [0.15, 0.2) is 0 Å². The van der Waals surface area contributed by atoms with E-state index in [0.717, 1.165) is 39.9 Å². The van der Waals surface area contributed by atoms with E-state index in [2.05, 4.69) is 25.9 Å². The van der Waals surface area contributed by atoms with Gasteiger partial charge in [0.1, 0.15) is 17.6 Å². The highest BCUT2D eigenvalue weighted by molar-refractivity contribution is 5.98. The smallest absolute Gasteiger partial charge is 0.326 e. The van der Waals surface area contributed by atoms with Crippen molar-refractivity contribution in [1.29, 1.82) is 0 Å². The number of halogens is 1. The minimum absolute atomic E-state index is 0.00126. The van der Waals surface area contributed by atoms with E-state index in [0.29, 0.717) is 5.56 Å². The molecule has 2 aromatic heterocycles. The molecular weight excluding hydrogens is 649 g/mol. The fourth-order valence-electron chi connectivity index (χ4n) is 6.18. The van der Waals surface area contributed by atoms with Crippen molar-refractivity contribution in [2.45, 2.75) is 30.5 Å². The van der Waals surface area contributed by atoms with Gasteiger partial charge >= 0.3 is 5.97 Å². The molecule has 0 aliphatic carbocycles. The second-order valence-corrected chi connectivity index (χ2v) is 12.0. The molecule has 11 heteroatoms. The summed E-state index contributed by atoms with van der Waals surface area (Å²) in [5.74, 6) is -4.41. The Bertz CT molecular complexity index is 2040. The third kappa shape index (κ3) is 7.67. The lowest BCUT2D eigenvalue weighted by atomic mass is 9.77. The van der Waals surface area contributed by atoms with E-state index < -0.39 is 53.7 Å². The third-order valence-electron chi connectivity index (χ3n) is 8.66. The Balaban J connectivity index is 1.28. The number of nitrogens with zero attached hydrogens (tertiary/aromatic N) is 1. The fraction of sp³-hybridized carbons (Fsp3) is 0.125. The van der Waals surface area contributed by atoms with E-state index in [1.54, 1.807) is 6.20 Å². The Morgan fingerprint density at radius 3 is 1.84 bits per heavy atom. The Morgan fingerprint density at radius 1 is 0.725 bits per heavy atom. The molecule has 0 aliphatic heterocycles. The van der Waals surface area contributed by atoms with E-state index in [9.17, 15) is 28.7 Å². The first kappa shape index (κ1) is 34.3. The molecule has 0 radical (unpaired) electrons. The molecule has 0 unspecified atom stereocenters. The van der Waals surface area contributed by atoms with E-state index in [1.165, 1.54) is 6.07 Å². The maximum absolute atomic E-state index is 14.0. The first-order valence-electron chi connectivity index (χ1n) is 16.2. The molecule has 51 heavy (non-hydrogen) atoms. The van der Waals surface area contributed by atoms with E-state index >= 15 is 0 Å². The number of benzene rings is 4. The number of carboxylic acid groups (broad SMARTS) is 1. The summed E-state index contributed by atoms with van der Waals surface area (Å²) in [6.45, 7) is 0. The Kier molecular flexibility index (Phi) is 10.3. The first-order valence-corrected chi connectivity index (χ1v) is 16.2. The number of carboxylic acids is 1. The van der Waals surface area contributed by atoms with Crippen LogP contribution in [0.4, 0.5) is 4.39 Å². The van der Waals surface area contributed by atoms with Gasteiger partial charge in [-0.1, -0.05) is 109 Å². The van der Waals surface area contributed by atoms with E-state index in [4.69, 9.17) is 0 Å². The van der Waals surface area contributed by atoms with Crippen molar-refractivity contribution in [2.75, 3.05) is 0 Å². The van der Waals surface area contributed by atoms with Gasteiger partial charge < -0.3 is 26.0 Å². The molecule has 0 saturated carbocycles. The van der Waals surface area contributed by atoms with Crippen LogP contribution in [0.15, 0.2) is 140 Å². The summed E-state index contributed by atoms with van der Waals surface area (Å²) in [6, 6.07) is 34.7. The number of hydrogen-bond donors (Lipinski definition) is 5. The highest BCUT2D eigenvalue weighted by atomic mass is 19.1. The number of pyridine rings is 1. The van der Waals surface area contributed by atoms with Crippen LogP contribution in [0.3, 0.4) is 0 Å². The monoisotopic (exact) mass is 683 g/mol. The molecule has 0 bridgehead atoms. The van der Waals surface area contributed by atoms with Gasteiger partial charge in [-0.2, -0.15) is 4.39 Å². The predicted octanol–water partition coefficient (Wildman–Crippen LogP) is 5.11. The lowest BCUT2D eigenvalue weighted by molar-refractivity contribution is -0.144. The molecule has 6 rings (SSSR count). The molecule has 2 heterocycles. The van der Waals surface area contributed by atoms with Gasteiger partial charge in [0.2, 0.25) is 17.8 Å². The van der Waals surface area contributed by atoms with Crippen LogP contribution in [0.25, 0.3) is 10.9 Å². The molecule has 256 valence electrons. The molecule has 0 spiro atoms. The average molecular weight is 684 g/mol. The van der Waals surface area contributed by atoms with Crippen molar-refractivity contribution in [3.05, 3.63) is 174 Å². The zero-order valence-corrected chi connectivity index (χ0v) is 27.3. The SMILES string of the molecule is O=C(C[C@H](NC(=O)[C@H](Cc1c[nH]c2ccccc12)NC(=O)c1ccc(F)nc1)C(=O)O)NC(c1ccccc1)(c1ccccc1)c1ccccc1. The number of nitrogens with one attached hydrogen (secondary N) is 4. The molecule has 0 fully saturated rings. The first-order chi connectivity index (χ1) is 24.7. The van der Waals surface area contributed by atoms with Crippen LogP contribution in [0.2, 0.25) is 0 Å². The molecule has 6 aromatic rings. The van der Waals surface area contributed by atoms with E-state index in [1.807, 2.05) is 115 Å². The Labute approximate surface area is 292 Å². The minimum Gasteiger partial charge on any atom is -0.480 e. The fourth-order valence-corrected chi connectivity index (χ4v) is 6.18. The lowest BCUT2D eigenvalue weighted by Gasteiger charge is -2.37. The van der Waals surface area contributed by atoms with Crippen LogP contribution in [-0.4, -0.2) is 50.8 Å². The number of aliphatic carboxylic acids is 1. The number of aromatic amines is 1. The van der Waals surface area contributed by atoms with Crippen molar-refractivity contribution in [3.63, 3.8) is 0 Å². The summed E-state index contributed by atoms with van der Waals surface area (Å²) in [6.07, 6.45) is 2.10. The number of fused-ring (bicyclic) bond motifs is 1. The van der Waals surface area contributed by atoms with Crippen LogP contribution in [-0.2, 0) is 26.3 Å². The summed E-state index contributed by atoms with van der Waals surface area (Å²) in [4.78, 5) is 60.3. The molecule has 0 aliphatic rings. The molecule has 2 atom stereocenters. The molecule has 3 amide bonds. The summed E-state index contributed by atoms with van der Waals surface area (Å²) in [5, 5.41) is 19.3. The number of rotatable bonds is 13. The van der Waals surface area contributed by atoms with Gasteiger partial charge in [0.25, 0.3) is 5.91 Å². The van der Waals surface area contributed by atoms with Crippen LogP contribution in [0.1, 0.15) is 39.0 Å².